The van der Waals surface area contributed by atoms with Crippen molar-refractivity contribution in [1.82, 2.24) is 10.5 Å². The molecule has 0 saturated carbocycles. The maximum atomic E-state index is 12.8. The fourth-order valence-corrected chi connectivity index (χ4v) is 2.27. The van der Waals surface area contributed by atoms with Gasteiger partial charge in [0, 0.05) is 17.7 Å². The number of nitrogens with zero attached hydrogens (tertiary/aromatic N) is 1. The normalized spacial score (nSPS) is 10.3. The summed E-state index contributed by atoms with van der Waals surface area (Å²) < 4.78 is 22.7. The van der Waals surface area contributed by atoms with Crippen molar-refractivity contribution in [3.8, 4) is 0 Å². The van der Waals surface area contributed by atoms with Gasteiger partial charge in [0.1, 0.15) is 11.6 Å². The van der Waals surface area contributed by atoms with Crippen LogP contribution in [0.25, 0.3) is 0 Å². The Bertz CT molecular complexity index is 797. The zero-order valence-corrected chi connectivity index (χ0v) is 15.0. The summed E-state index contributed by atoms with van der Waals surface area (Å²) >= 11 is 0. The molecule has 27 heavy (non-hydrogen) atoms. The molecule has 0 spiro atoms. The molecule has 2 N–H and O–H groups in total. The van der Waals surface area contributed by atoms with Crippen LogP contribution in [0.15, 0.2) is 28.8 Å². The SMILES string of the molecule is Cc1noc(C)c1CCC(=O)OCC(=O)NCC(=O)Nc1ccc(F)cc1. The topological polar surface area (TPSA) is 111 Å². The fraction of sp³-hybridized carbons (Fsp3) is 0.333. The van der Waals surface area contributed by atoms with Gasteiger partial charge < -0.3 is 19.9 Å². The lowest BCUT2D eigenvalue weighted by Gasteiger charge is -2.08. The summed E-state index contributed by atoms with van der Waals surface area (Å²) in [6, 6.07) is 5.21. The Morgan fingerprint density at radius 1 is 1.15 bits per heavy atom. The highest BCUT2D eigenvalue weighted by molar-refractivity contribution is 5.94. The molecule has 0 atom stereocenters. The van der Waals surface area contributed by atoms with E-state index in [-0.39, 0.29) is 13.0 Å². The van der Waals surface area contributed by atoms with E-state index in [2.05, 4.69) is 15.8 Å². The zero-order valence-electron chi connectivity index (χ0n) is 15.0. The van der Waals surface area contributed by atoms with E-state index >= 15 is 0 Å². The van der Waals surface area contributed by atoms with Crippen LogP contribution in [-0.2, 0) is 25.5 Å². The lowest BCUT2D eigenvalue weighted by atomic mass is 10.1. The minimum Gasteiger partial charge on any atom is -0.456 e. The van der Waals surface area contributed by atoms with Crippen LogP contribution in [0.5, 0.6) is 0 Å². The number of hydrogen-bond donors (Lipinski definition) is 2. The highest BCUT2D eigenvalue weighted by Crippen LogP contribution is 2.14. The second-order valence-corrected chi connectivity index (χ2v) is 5.80. The number of aromatic nitrogens is 1. The van der Waals surface area contributed by atoms with Crippen LogP contribution in [0, 0.1) is 19.7 Å². The summed E-state index contributed by atoms with van der Waals surface area (Å²) in [6.07, 6.45) is 0.489. The molecular weight excluding hydrogens is 357 g/mol. The van der Waals surface area contributed by atoms with Crippen LogP contribution in [0.3, 0.4) is 0 Å². The van der Waals surface area contributed by atoms with Gasteiger partial charge in [0.2, 0.25) is 5.91 Å². The van der Waals surface area contributed by atoms with Gasteiger partial charge in [0.05, 0.1) is 12.2 Å². The number of anilines is 1. The first-order chi connectivity index (χ1) is 12.8. The van der Waals surface area contributed by atoms with Gasteiger partial charge in [-0.1, -0.05) is 5.16 Å². The van der Waals surface area contributed by atoms with Crippen molar-refractivity contribution in [2.24, 2.45) is 0 Å². The number of halogens is 1. The molecule has 0 bridgehead atoms. The molecule has 9 heteroatoms. The van der Waals surface area contributed by atoms with Gasteiger partial charge in [0.15, 0.2) is 6.61 Å². The highest BCUT2D eigenvalue weighted by atomic mass is 19.1. The van der Waals surface area contributed by atoms with E-state index in [0.29, 0.717) is 23.6 Å². The average molecular weight is 377 g/mol. The Morgan fingerprint density at radius 2 is 1.85 bits per heavy atom. The van der Waals surface area contributed by atoms with Crippen molar-refractivity contribution in [2.45, 2.75) is 26.7 Å². The highest BCUT2D eigenvalue weighted by Gasteiger charge is 2.13. The molecule has 144 valence electrons. The van der Waals surface area contributed by atoms with E-state index in [1.165, 1.54) is 24.3 Å². The Morgan fingerprint density at radius 3 is 2.48 bits per heavy atom. The minimum atomic E-state index is -0.602. The number of nitrogens with one attached hydrogen (secondary N) is 2. The smallest absolute Gasteiger partial charge is 0.306 e. The Labute approximate surface area is 155 Å². The first-order valence-corrected chi connectivity index (χ1v) is 8.24. The van der Waals surface area contributed by atoms with Crippen LogP contribution < -0.4 is 10.6 Å². The van der Waals surface area contributed by atoms with Crippen molar-refractivity contribution >= 4 is 23.5 Å². The van der Waals surface area contributed by atoms with E-state index in [0.717, 1.165) is 5.56 Å². The standard InChI is InChI=1S/C18H20FN3O5/c1-11-15(12(2)27-22-11)7-8-18(25)26-10-17(24)20-9-16(23)21-14-5-3-13(19)4-6-14/h3-6H,7-10H2,1-2H3,(H,20,24)(H,21,23). The molecule has 0 fully saturated rings. The molecular formula is C18H20FN3O5. The average Bonchev–Trinajstić information content (AvgIpc) is 2.96. The number of amides is 2. The third-order valence-electron chi connectivity index (χ3n) is 3.70. The van der Waals surface area contributed by atoms with Crippen molar-refractivity contribution in [2.75, 3.05) is 18.5 Å². The van der Waals surface area contributed by atoms with E-state index in [1.807, 2.05) is 0 Å². The molecule has 1 aromatic carbocycles. The lowest BCUT2D eigenvalue weighted by Crippen LogP contribution is -2.35. The number of rotatable bonds is 8. The van der Waals surface area contributed by atoms with Crippen molar-refractivity contribution in [1.29, 1.82) is 0 Å². The van der Waals surface area contributed by atoms with Crippen LogP contribution in [-0.4, -0.2) is 36.1 Å². The number of carbonyl (C=O) groups excluding carboxylic acids is 3. The summed E-state index contributed by atoms with van der Waals surface area (Å²) in [5.74, 6) is -1.40. The minimum absolute atomic E-state index is 0.0845. The summed E-state index contributed by atoms with van der Waals surface area (Å²) in [5, 5.41) is 8.62. The molecule has 0 aliphatic rings. The lowest BCUT2D eigenvalue weighted by molar-refractivity contribution is -0.148. The van der Waals surface area contributed by atoms with E-state index in [9.17, 15) is 18.8 Å². The number of esters is 1. The van der Waals surface area contributed by atoms with Crippen molar-refractivity contribution < 1.29 is 28.0 Å². The van der Waals surface area contributed by atoms with Crippen molar-refractivity contribution in [3.05, 3.63) is 47.1 Å². The maximum Gasteiger partial charge on any atom is 0.306 e. The zero-order chi connectivity index (χ0) is 19.8. The molecule has 0 saturated heterocycles. The number of benzene rings is 1. The van der Waals surface area contributed by atoms with Gasteiger partial charge in [-0.2, -0.15) is 0 Å². The Kier molecular flexibility index (Phi) is 7.04. The molecule has 0 unspecified atom stereocenters. The third kappa shape index (κ3) is 6.53. The van der Waals surface area contributed by atoms with Gasteiger partial charge in [-0.05, 0) is 44.5 Å². The molecule has 2 rings (SSSR count). The second kappa shape index (κ2) is 9.46. The summed E-state index contributed by atoms with van der Waals surface area (Å²) in [7, 11) is 0. The van der Waals surface area contributed by atoms with Crippen LogP contribution in [0.2, 0.25) is 0 Å². The van der Waals surface area contributed by atoms with Gasteiger partial charge in [-0.3, -0.25) is 14.4 Å². The van der Waals surface area contributed by atoms with Gasteiger partial charge in [0.25, 0.3) is 5.91 Å². The first kappa shape index (κ1) is 20.1. The fourth-order valence-electron chi connectivity index (χ4n) is 2.27. The quantitative estimate of drug-likeness (QED) is 0.677. The largest absolute Gasteiger partial charge is 0.456 e. The third-order valence-corrected chi connectivity index (χ3v) is 3.70. The number of hydrogen-bond acceptors (Lipinski definition) is 6. The monoisotopic (exact) mass is 377 g/mol. The molecule has 1 heterocycles. The number of ether oxygens (including phenoxy) is 1. The van der Waals surface area contributed by atoms with E-state index < -0.39 is 30.2 Å². The molecule has 2 aromatic rings. The number of aryl methyl sites for hydroxylation is 2. The molecule has 0 aliphatic carbocycles. The van der Waals surface area contributed by atoms with Crippen LogP contribution in [0.4, 0.5) is 10.1 Å². The molecule has 0 aliphatic heterocycles. The summed E-state index contributed by atoms with van der Waals surface area (Å²) in [6.45, 7) is 2.75. The van der Waals surface area contributed by atoms with Crippen LogP contribution in [0.1, 0.15) is 23.4 Å². The Balaban J connectivity index is 1.64. The van der Waals surface area contributed by atoms with E-state index in [4.69, 9.17) is 9.26 Å². The molecule has 0 radical (unpaired) electrons. The summed E-state index contributed by atoms with van der Waals surface area (Å²) in [4.78, 5) is 35.1. The van der Waals surface area contributed by atoms with Gasteiger partial charge in [-0.25, -0.2) is 4.39 Å². The number of carbonyl (C=O) groups is 3. The van der Waals surface area contributed by atoms with Crippen molar-refractivity contribution in [3.63, 3.8) is 0 Å². The van der Waals surface area contributed by atoms with E-state index in [1.54, 1.807) is 13.8 Å². The predicted molar refractivity (Wildman–Crippen MR) is 93.3 cm³/mol. The maximum absolute atomic E-state index is 12.8. The predicted octanol–water partition coefficient (Wildman–Crippen LogP) is 1.66. The summed E-state index contributed by atoms with van der Waals surface area (Å²) in [5.41, 5.74) is 1.96. The second-order valence-electron chi connectivity index (χ2n) is 5.80. The molecule has 8 nitrogen and oxygen atoms in total. The molecule has 1 aromatic heterocycles. The Hall–Kier alpha value is -3.23. The van der Waals surface area contributed by atoms with Crippen LogP contribution >= 0.6 is 0 Å². The van der Waals surface area contributed by atoms with Gasteiger partial charge in [-0.15, -0.1) is 0 Å². The first-order valence-electron chi connectivity index (χ1n) is 8.24. The molecule has 2 amide bonds. The van der Waals surface area contributed by atoms with Gasteiger partial charge >= 0.3 is 5.97 Å².